The number of aromatic nitrogens is 3. The topological polar surface area (TPSA) is 63.1 Å². The first-order valence-corrected chi connectivity index (χ1v) is 8.87. The quantitative estimate of drug-likeness (QED) is 0.678. The highest BCUT2D eigenvalue weighted by Gasteiger charge is 2.33. The summed E-state index contributed by atoms with van der Waals surface area (Å²) < 4.78 is 40.8. The first-order valence-electron chi connectivity index (χ1n) is 8.87. The Labute approximate surface area is 166 Å². The second-order valence-corrected chi connectivity index (χ2v) is 6.61. The fraction of sp³-hybridized carbons (Fsp3) is 0.250. The number of hydrogen-bond donors (Lipinski definition) is 1. The van der Waals surface area contributed by atoms with Crippen molar-refractivity contribution < 1.29 is 18.0 Å². The zero-order valence-electron chi connectivity index (χ0n) is 15.9. The summed E-state index contributed by atoms with van der Waals surface area (Å²) >= 11 is 0. The number of nitrogens with one attached hydrogen (secondary N) is 1. The lowest BCUT2D eigenvalue weighted by molar-refractivity contribution is -0.137. The number of halogens is 3. The molecule has 0 aliphatic rings. The van der Waals surface area contributed by atoms with Crippen LogP contribution in [0, 0.1) is 0 Å². The summed E-state index contributed by atoms with van der Waals surface area (Å²) in [5, 5.41) is 6.42. The molecule has 0 aliphatic heterocycles. The third kappa shape index (κ3) is 5.00. The number of benzene rings is 2. The van der Waals surface area contributed by atoms with Gasteiger partial charge >= 0.3 is 6.18 Å². The first-order chi connectivity index (χ1) is 13.8. The number of rotatable bonds is 6. The number of anilines is 1. The molecule has 0 saturated heterocycles. The summed E-state index contributed by atoms with van der Waals surface area (Å²) in [5.41, 5.74) is 0.693. The van der Waals surface area contributed by atoms with Crippen molar-refractivity contribution in [3.8, 4) is 5.69 Å². The average Bonchev–Trinajstić information content (AvgIpc) is 3.22. The number of carbonyl (C=O) groups excluding carboxylic acids is 1. The number of hydrogen-bond acceptors (Lipinski definition) is 4. The van der Waals surface area contributed by atoms with E-state index in [0.29, 0.717) is 0 Å². The molecule has 1 atom stereocenters. The summed E-state index contributed by atoms with van der Waals surface area (Å²) in [6.07, 6.45) is -1.50. The summed E-state index contributed by atoms with van der Waals surface area (Å²) in [5.74, 6) is -0.518. The molecule has 1 unspecified atom stereocenters. The van der Waals surface area contributed by atoms with Gasteiger partial charge in [-0.1, -0.05) is 24.3 Å². The molecule has 2 aromatic carbocycles. The van der Waals surface area contributed by atoms with Crippen LogP contribution in [0.5, 0.6) is 0 Å². The summed E-state index contributed by atoms with van der Waals surface area (Å²) in [4.78, 5) is 18.0. The third-order valence-corrected chi connectivity index (χ3v) is 4.62. The predicted molar refractivity (Wildman–Crippen MR) is 102 cm³/mol. The van der Waals surface area contributed by atoms with E-state index in [9.17, 15) is 18.0 Å². The van der Waals surface area contributed by atoms with Gasteiger partial charge in [0.1, 0.15) is 12.7 Å². The second kappa shape index (κ2) is 8.44. The van der Waals surface area contributed by atoms with E-state index in [2.05, 4.69) is 15.4 Å². The van der Waals surface area contributed by atoms with Gasteiger partial charge in [-0.25, -0.2) is 9.67 Å². The standard InChI is InChI=1S/C20H20F3N5O/c1-14(15-7-9-16(10-8-15)28-13-24-12-25-28)27(2)11-19(29)26-18-6-4-3-5-17(18)20(21,22)23/h3-10,12-14H,11H2,1-2H3,(H,26,29). The average molecular weight is 403 g/mol. The number of nitrogens with zero attached hydrogens (tertiary/aromatic N) is 4. The molecule has 3 aromatic rings. The molecule has 0 fully saturated rings. The van der Waals surface area contributed by atoms with E-state index < -0.39 is 17.6 Å². The van der Waals surface area contributed by atoms with Gasteiger partial charge in [-0.3, -0.25) is 9.69 Å². The fourth-order valence-electron chi connectivity index (χ4n) is 2.89. The lowest BCUT2D eigenvalue weighted by Crippen LogP contribution is -2.32. The Balaban J connectivity index is 1.64. The van der Waals surface area contributed by atoms with Crippen molar-refractivity contribution in [1.29, 1.82) is 0 Å². The number of amides is 1. The summed E-state index contributed by atoms with van der Waals surface area (Å²) in [6, 6.07) is 12.4. The zero-order valence-corrected chi connectivity index (χ0v) is 15.9. The molecule has 0 saturated carbocycles. The van der Waals surface area contributed by atoms with E-state index in [-0.39, 0.29) is 18.3 Å². The molecule has 3 rings (SSSR count). The Kier molecular flexibility index (Phi) is 5.97. The Hall–Kier alpha value is -3.20. The molecule has 1 amide bonds. The Morgan fingerprint density at radius 2 is 1.86 bits per heavy atom. The smallest absolute Gasteiger partial charge is 0.324 e. The highest BCUT2D eigenvalue weighted by atomic mass is 19.4. The fourth-order valence-corrected chi connectivity index (χ4v) is 2.89. The molecule has 0 spiro atoms. The van der Waals surface area contributed by atoms with Crippen LogP contribution in [0.4, 0.5) is 18.9 Å². The molecule has 9 heteroatoms. The minimum absolute atomic E-state index is 0.0574. The number of para-hydroxylation sites is 1. The van der Waals surface area contributed by atoms with Gasteiger partial charge in [-0.15, -0.1) is 0 Å². The molecular weight excluding hydrogens is 383 g/mol. The molecule has 1 aromatic heterocycles. The SMILES string of the molecule is CC(c1ccc(-n2cncn2)cc1)N(C)CC(=O)Nc1ccccc1C(F)(F)F. The predicted octanol–water partition coefficient (Wildman–Crippen LogP) is 3.92. The van der Waals surface area contributed by atoms with E-state index in [1.165, 1.54) is 24.5 Å². The highest BCUT2D eigenvalue weighted by Crippen LogP contribution is 2.34. The van der Waals surface area contributed by atoms with Crippen molar-refractivity contribution in [2.45, 2.75) is 19.1 Å². The van der Waals surface area contributed by atoms with Crippen LogP contribution in [0.2, 0.25) is 0 Å². The van der Waals surface area contributed by atoms with Crippen LogP contribution in [0.25, 0.3) is 5.69 Å². The van der Waals surface area contributed by atoms with Crippen LogP contribution in [-0.4, -0.2) is 39.2 Å². The molecule has 0 radical (unpaired) electrons. The van der Waals surface area contributed by atoms with Gasteiger partial charge in [-0.05, 0) is 43.8 Å². The normalized spacial score (nSPS) is 12.8. The Morgan fingerprint density at radius 1 is 1.17 bits per heavy atom. The largest absolute Gasteiger partial charge is 0.418 e. The maximum atomic E-state index is 13.1. The molecule has 152 valence electrons. The highest BCUT2D eigenvalue weighted by molar-refractivity contribution is 5.93. The molecule has 0 bridgehead atoms. The molecule has 1 N–H and O–H groups in total. The molecule has 1 heterocycles. The van der Waals surface area contributed by atoms with Gasteiger partial charge in [-0.2, -0.15) is 18.3 Å². The Morgan fingerprint density at radius 3 is 2.48 bits per heavy atom. The molecule has 29 heavy (non-hydrogen) atoms. The van der Waals surface area contributed by atoms with Crippen LogP contribution < -0.4 is 5.32 Å². The van der Waals surface area contributed by atoms with E-state index in [4.69, 9.17) is 0 Å². The van der Waals surface area contributed by atoms with Gasteiger partial charge in [0.05, 0.1) is 23.5 Å². The monoisotopic (exact) mass is 403 g/mol. The molecule has 6 nitrogen and oxygen atoms in total. The van der Waals surface area contributed by atoms with Crippen molar-refractivity contribution >= 4 is 11.6 Å². The number of carbonyl (C=O) groups is 1. The van der Waals surface area contributed by atoms with Crippen molar-refractivity contribution in [3.63, 3.8) is 0 Å². The summed E-state index contributed by atoms with van der Waals surface area (Å²) in [6.45, 7) is 1.86. The van der Waals surface area contributed by atoms with Gasteiger partial charge in [0, 0.05) is 6.04 Å². The Bertz CT molecular complexity index is 955. The van der Waals surface area contributed by atoms with Gasteiger partial charge in [0.15, 0.2) is 0 Å². The van der Waals surface area contributed by atoms with Gasteiger partial charge in [0.2, 0.25) is 5.91 Å². The van der Waals surface area contributed by atoms with Crippen LogP contribution in [0.1, 0.15) is 24.1 Å². The van der Waals surface area contributed by atoms with Crippen molar-refractivity contribution in [3.05, 3.63) is 72.3 Å². The minimum atomic E-state index is -4.53. The third-order valence-electron chi connectivity index (χ3n) is 4.62. The maximum absolute atomic E-state index is 13.1. The zero-order chi connectivity index (χ0) is 21.0. The lowest BCUT2D eigenvalue weighted by atomic mass is 10.1. The number of alkyl halides is 3. The second-order valence-electron chi connectivity index (χ2n) is 6.61. The van der Waals surface area contributed by atoms with Crippen molar-refractivity contribution in [2.75, 3.05) is 18.9 Å². The van der Waals surface area contributed by atoms with E-state index in [1.54, 1.807) is 23.0 Å². The maximum Gasteiger partial charge on any atom is 0.418 e. The van der Waals surface area contributed by atoms with Crippen LogP contribution in [0.3, 0.4) is 0 Å². The molecular formula is C20H20F3N5O. The minimum Gasteiger partial charge on any atom is -0.324 e. The van der Waals surface area contributed by atoms with E-state index in [0.717, 1.165) is 17.3 Å². The van der Waals surface area contributed by atoms with Crippen LogP contribution >= 0.6 is 0 Å². The number of likely N-dealkylation sites (N-methyl/N-ethyl adjacent to an activating group) is 1. The van der Waals surface area contributed by atoms with Crippen molar-refractivity contribution in [1.82, 2.24) is 19.7 Å². The van der Waals surface area contributed by atoms with Gasteiger partial charge in [0.25, 0.3) is 0 Å². The first kappa shape index (κ1) is 20.5. The van der Waals surface area contributed by atoms with Crippen molar-refractivity contribution in [2.24, 2.45) is 0 Å². The van der Waals surface area contributed by atoms with Crippen LogP contribution in [0.15, 0.2) is 61.2 Å². The van der Waals surface area contributed by atoms with E-state index >= 15 is 0 Å². The van der Waals surface area contributed by atoms with Crippen LogP contribution in [-0.2, 0) is 11.0 Å². The summed E-state index contributed by atoms with van der Waals surface area (Å²) in [7, 11) is 1.74. The molecule has 0 aliphatic carbocycles. The van der Waals surface area contributed by atoms with Gasteiger partial charge < -0.3 is 5.32 Å². The lowest BCUT2D eigenvalue weighted by Gasteiger charge is -2.25. The van der Waals surface area contributed by atoms with E-state index in [1.807, 2.05) is 31.2 Å².